The summed E-state index contributed by atoms with van der Waals surface area (Å²) in [6.07, 6.45) is 7.95. The molecule has 1 aromatic heterocycles. The van der Waals surface area contributed by atoms with Crippen LogP contribution in [-0.4, -0.2) is 70.7 Å². The molecule has 2 aromatic carbocycles. The van der Waals surface area contributed by atoms with Crippen LogP contribution in [0.15, 0.2) is 60.7 Å². The largest absolute Gasteiger partial charge is 0.367 e. The lowest BCUT2D eigenvalue weighted by molar-refractivity contribution is -0.128. The number of nitrogens with one attached hydrogen (secondary N) is 1. The lowest BCUT2D eigenvalue weighted by Crippen LogP contribution is -2.67. The van der Waals surface area contributed by atoms with E-state index in [1.807, 2.05) is 26.2 Å². The first-order valence-electron chi connectivity index (χ1n) is 16.6. The number of ketones is 1. The van der Waals surface area contributed by atoms with Gasteiger partial charge in [-0.15, -0.1) is 0 Å². The molecule has 0 spiro atoms. The number of Topliss-reactive ketones (excluding diaryl/α,β-unsaturated/α-hetero) is 1. The van der Waals surface area contributed by atoms with Crippen molar-refractivity contribution in [3.8, 4) is 0 Å². The Labute approximate surface area is 272 Å². The van der Waals surface area contributed by atoms with Gasteiger partial charge in [0, 0.05) is 42.9 Å². The number of amides is 2. The van der Waals surface area contributed by atoms with E-state index in [1.165, 1.54) is 10.5 Å². The third-order valence-electron chi connectivity index (χ3n) is 9.44. The predicted molar refractivity (Wildman–Crippen MR) is 181 cm³/mol. The van der Waals surface area contributed by atoms with Gasteiger partial charge in [0.2, 0.25) is 5.95 Å². The number of nitrogens with zero attached hydrogens (tertiary/aromatic N) is 4. The fourth-order valence-corrected chi connectivity index (χ4v) is 7.09. The number of hydrogen-bond donors (Lipinski definition) is 3. The van der Waals surface area contributed by atoms with E-state index in [-0.39, 0.29) is 24.4 Å². The second-order valence-corrected chi connectivity index (χ2v) is 12.8. The Bertz CT molecular complexity index is 1510. The van der Waals surface area contributed by atoms with Gasteiger partial charge in [-0.25, -0.2) is 4.98 Å². The minimum absolute atomic E-state index is 0.0756. The molecule has 2 aliphatic rings. The third kappa shape index (κ3) is 6.92. The number of aryl methyl sites for hydroxylation is 1. The highest BCUT2D eigenvalue weighted by atomic mass is 16.2. The van der Waals surface area contributed by atoms with E-state index in [2.05, 4.69) is 10.2 Å². The number of unbranched alkanes of at least 4 members (excludes halogenated alkanes) is 1. The van der Waals surface area contributed by atoms with Crippen molar-refractivity contribution in [1.82, 2.24) is 14.9 Å². The van der Waals surface area contributed by atoms with E-state index >= 15 is 0 Å². The Morgan fingerprint density at radius 2 is 1.50 bits per heavy atom. The molecule has 1 fully saturated rings. The summed E-state index contributed by atoms with van der Waals surface area (Å²) in [4.78, 5) is 56.0. The first-order chi connectivity index (χ1) is 22.3. The molecule has 0 radical (unpaired) electrons. The number of benzene rings is 2. The van der Waals surface area contributed by atoms with Gasteiger partial charge in [-0.05, 0) is 89.3 Å². The highest BCUT2D eigenvalue weighted by molar-refractivity contribution is 6.20. The van der Waals surface area contributed by atoms with Gasteiger partial charge in [-0.1, -0.05) is 48.5 Å². The average molecular weight is 626 g/mol. The van der Waals surface area contributed by atoms with Gasteiger partial charge in [-0.2, -0.15) is 4.98 Å². The summed E-state index contributed by atoms with van der Waals surface area (Å²) in [7, 11) is 4.03. The van der Waals surface area contributed by atoms with Crippen LogP contribution in [0.5, 0.6) is 0 Å². The van der Waals surface area contributed by atoms with Crippen LogP contribution in [0.4, 0.5) is 11.8 Å². The van der Waals surface area contributed by atoms with Gasteiger partial charge < -0.3 is 26.6 Å². The molecule has 5 N–H and O–H groups in total. The number of carbonyl (C=O) groups excluding carboxylic acids is 3. The zero-order chi connectivity index (χ0) is 32.7. The number of carbonyl (C=O) groups is 3. The van der Waals surface area contributed by atoms with Crippen molar-refractivity contribution in [3.05, 3.63) is 83.0 Å². The first kappa shape index (κ1) is 33.1. The molecule has 46 heavy (non-hydrogen) atoms. The highest BCUT2D eigenvalue weighted by Gasteiger charge is 2.54. The molecule has 0 aliphatic heterocycles. The van der Waals surface area contributed by atoms with E-state index < -0.39 is 17.2 Å². The molecule has 244 valence electrons. The second kappa shape index (κ2) is 14.9. The third-order valence-corrected chi connectivity index (χ3v) is 9.44. The van der Waals surface area contributed by atoms with Crippen LogP contribution in [0.1, 0.15) is 89.8 Å². The van der Waals surface area contributed by atoms with E-state index in [1.54, 1.807) is 48.5 Å². The molecule has 3 aromatic rings. The molecular formula is C36H47N7O3. The highest BCUT2D eigenvalue weighted by Crippen LogP contribution is 2.37. The van der Waals surface area contributed by atoms with Crippen LogP contribution < -0.4 is 21.7 Å². The summed E-state index contributed by atoms with van der Waals surface area (Å²) in [6, 6.07) is 17.2. The molecule has 0 saturated heterocycles. The smallest absolute Gasteiger partial charge is 0.255 e. The monoisotopic (exact) mass is 625 g/mol. The molecule has 2 amide bonds. The quantitative estimate of drug-likeness (QED) is 0.143. The number of rotatable bonds is 13. The number of aromatic nitrogens is 2. The molecule has 5 rings (SSSR count). The van der Waals surface area contributed by atoms with Gasteiger partial charge in [0.15, 0.2) is 11.3 Å². The lowest BCUT2D eigenvalue weighted by atomic mass is 9.78. The summed E-state index contributed by atoms with van der Waals surface area (Å²) >= 11 is 0. The van der Waals surface area contributed by atoms with Crippen LogP contribution in [0.2, 0.25) is 0 Å². The van der Waals surface area contributed by atoms with Gasteiger partial charge in [0.1, 0.15) is 5.82 Å². The van der Waals surface area contributed by atoms with Crippen LogP contribution in [0.25, 0.3) is 0 Å². The van der Waals surface area contributed by atoms with Crippen molar-refractivity contribution in [2.24, 2.45) is 11.5 Å². The van der Waals surface area contributed by atoms with Crippen LogP contribution in [-0.2, 0) is 17.6 Å². The normalized spacial score (nSPS) is 18.9. The molecule has 1 unspecified atom stereocenters. The number of primary amides is 1. The van der Waals surface area contributed by atoms with Crippen molar-refractivity contribution in [2.45, 2.75) is 88.3 Å². The maximum absolute atomic E-state index is 14.5. The van der Waals surface area contributed by atoms with Gasteiger partial charge in [0.25, 0.3) is 11.8 Å². The summed E-state index contributed by atoms with van der Waals surface area (Å²) in [6.45, 7) is 0.401. The summed E-state index contributed by atoms with van der Waals surface area (Å²) in [5.41, 5.74) is 13.3. The Morgan fingerprint density at radius 3 is 2.11 bits per heavy atom. The first-order valence-corrected chi connectivity index (χ1v) is 16.6. The standard InChI is InChI=1S/C36H47N7O3/c1-42(2)32-29-17-9-10-18-30(29)40-35(41-32)39-27-19-21-28(22-20-27)43(33(45)26-15-7-4-8-16-26)36(34(38)46,23-11-12-24-37)31(44)25-13-5-3-6-14-25/h3-8,13-16,27-28H,9-12,17-24,37H2,1-2H3,(H2,38,46)(H,39,40,41). The van der Waals surface area contributed by atoms with Crippen LogP contribution in [0.3, 0.4) is 0 Å². The summed E-state index contributed by atoms with van der Waals surface area (Å²) in [5, 5.41) is 3.57. The van der Waals surface area contributed by atoms with E-state index in [4.69, 9.17) is 21.4 Å². The Kier molecular flexibility index (Phi) is 10.7. The molecular weight excluding hydrogens is 578 g/mol. The Hall–Kier alpha value is -4.31. The zero-order valence-corrected chi connectivity index (χ0v) is 27.1. The number of hydrogen-bond acceptors (Lipinski definition) is 8. The molecule has 10 heteroatoms. The molecule has 2 aliphatic carbocycles. The summed E-state index contributed by atoms with van der Waals surface area (Å²) in [5.74, 6) is -0.0647. The van der Waals surface area contributed by atoms with Gasteiger partial charge in [0.05, 0.1) is 5.69 Å². The fourth-order valence-electron chi connectivity index (χ4n) is 7.09. The van der Waals surface area contributed by atoms with Crippen LogP contribution in [0, 0.1) is 0 Å². The number of nitrogens with two attached hydrogens (primary N) is 2. The SMILES string of the molecule is CN(C)c1nc(NC2CCC(N(C(=O)c3ccccc3)C(CCCCN)(C(N)=O)C(=O)c3ccccc3)CC2)nc2c1CCCC2. The average Bonchev–Trinajstić information content (AvgIpc) is 3.08. The molecule has 10 nitrogen and oxygen atoms in total. The van der Waals surface area contributed by atoms with Crippen molar-refractivity contribution < 1.29 is 14.4 Å². The van der Waals surface area contributed by atoms with E-state index in [0.29, 0.717) is 62.1 Å². The van der Waals surface area contributed by atoms with Crippen molar-refractivity contribution >= 4 is 29.4 Å². The topological polar surface area (TPSA) is 148 Å². The fraction of sp³-hybridized carbons (Fsp3) is 0.472. The van der Waals surface area contributed by atoms with Crippen molar-refractivity contribution in [3.63, 3.8) is 0 Å². The maximum Gasteiger partial charge on any atom is 0.255 e. The summed E-state index contributed by atoms with van der Waals surface area (Å²) < 4.78 is 0. The minimum Gasteiger partial charge on any atom is -0.367 e. The van der Waals surface area contributed by atoms with Crippen molar-refractivity contribution in [1.29, 1.82) is 0 Å². The van der Waals surface area contributed by atoms with E-state index in [9.17, 15) is 14.4 Å². The Morgan fingerprint density at radius 1 is 0.870 bits per heavy atom. The molecule has 0 bridgehead atoms. The van der Waals surface area contributed by atoms with Crippen LogP contribution >= 0.6 is 0 Å². The van der Waals surface area contributed by atoms with Gasteiger partial charge >= 0.3 is 0 Å². The van der Waals surface area contributed by atoms with Crippen molar-refractivity contribution in [2.75, 3.05) is 30.9 Å². The second-order valence-electron chi connectivity index (χ2n) is 12.8. The molecule has 1 saturated carbocycles. The molecule has 1 heterocycles. The van der Waals surface area contributed by atoms with E-state index in [0.717, 1.165) is 37.2 Å². The zero-order valence-electron chi connectivity index (χ0n) is 27.1. The number of anilines is 2. The van der Waals surface area contributed by atoms with Gasteiger partial charge in [-0.3, -0.25) is 14.4 Å². The maximum atomic E-state index is 14.5. The molecule has 1 atom stereocenters. The lowest BCUT2D eigenvalue weighted by Gasteiger charge is -2.47. The number of fused-ring (bicyclic) bond motifs is 1. The Balaban J connectivity index is 1.47. The predicted octanol–water partition coefficient (Wildman–Crippen LogP) is 4.52. The minimum atomic E-state index is -1.86.